The summed E-state index contributed by atoms with van der Waals surface area (Å²) in [5.41, 5.74) is 10.3. The Morgan fingerprint density at radius 1 is 0.684 bits per heavy atom. The molecule has 1 unspecified atom stereocenters. The summed E-state index contributed by atoms with van der Waals surface area (Å²) < 4.78 is 0. The van der Waals surface area contributed by atoms with Crippen LogP contribution in [-0.4, -0.2) is 0 Å². The Morgan fingerprint density at radius 2 is 1.21 bits per heavy atom. The van der Waals surface area contributed by atoms with E-state index in [1.54, 1.807) is 5.57 Å². The van der Waals surface area contributed by atoms with E-state index in [4.69, 9.17) is 0 Å². The second-order valence-electron chi connectivity index (χ2n) is 7.00. The lowest BCUT2D eigenvalue weighted by atomic mass is 9.65. The number of allylic oxidation sites excluding steroid dienone is 8. The Labute approximate surface area is 119 Å². The second-order valence-corrected chi connectivity index (χ2v) is 7.00. The molecular weight excluding hydrogens is 228 g/mol. The number of hydrogen-bond donors (Lipinski definition) is 0. The van der Waals surface area contributed by atoms with Crippen LogP contribution in [0, 0.1) is 16.9 Å². The van der Waals surface area contributed by atoms with Gasteiger partial charge in [-0.25, -0.2) is 0 Å². The van der Waals surface area contributed by atoms with Crippen molar-refractivity contribution in [1.82, 2.24) is 0 Å². The van der Waals surface area contributed by atoms with Crippen LogP contribution in [-0.2, 0) is 0 Å². The lowest BCUT2D eigenvalue weighted by Gasteiger charge is -2.37. The van der Waals surface area contributed by atoms with Gasteiger partial charge in [-0.2, -0.15) is 0 Å². The fraction of sp³-hybridized carbons (Fsp3) is 0.579. The van der Waals surface area contributed by atoms with E-state index < -0.39 is 0 Å². The van der Waals surface area contributed by atoms with E-state index in [-0.39, 0.29) is 10.8 Å². The average molecular weight is 255 g/mol. The normalized spacial score (nSPS) is 30.7. The molecule has 0 aliphatic heterocycles. The molecule has 0 N–H and O–H groups in total. The quantitative estimate of drug-likeness (QED) is 0.556. The predicted octanol–water partition coefficient (Wildman–Crippen LogP) is 5.78. The van der Waals surface area contributed by atoms with Gasteiger partial charge in [0.2, 0.25) is 0 Å². The highest BCUT2D eigenvalue weighted by Gasteiger charge is 2.46. The van der Waals surface area contributed by atoms with Crippen LogP contribution in [0.1, 0.15) is 62.3 Å². The van der Waals surface area contributed by atoms with Gasteiger partial charge in [-0.05, 0) is 82.4 Å². The molecule has 0 spiro atoms. The minimum atomic E-state index is -0.0270. The van der Waals surface area contributed by atoms with Crippen LogP contribution < -0.4 is 0 Å². The van der Waals surface area contributed by atoms with Crippen molar-refractivity contribution in [2.24, 2.45) is 10.8 Å². The maximum atomic E-state index is 3.76. The molecule has 0 nitrogen and oxygen atoms in total. The molecule has 0 amide bonds. The summed E-state index contributed by atoms with van der Waals surface area (Å²) in [4.78, 5) is 0. The van der Waals surface area contributed by atoms with Crippen molar-refractivity contribution in [3.8, 4) is 0 Å². The van der Waals surface area contributed by atoms with Crippen molar-refractivity contribution in [2.75, 3.05) is 0 Å². The van der Waals surface area contributed by atoms with Crippen LogP contribution in [0.15, 0.2) is 39.0 Å². The first kappa shape index (κ1) is 14.4. The highest BCUT2D eigenvalue weighted by Crippen LogP contribution is 2.58. The Balaban J connectivity index is 2.70. The van der Waals surface area contributed by atoms with E-state index >= 15 is 0 Å². The summed E-state index contributed by atoms with van der Waals surface area (Å²) >= 11 is 0. The first-order valence-corrected chi connectivity index (χ1v) is 7.25. The molecule has 0 saturated heterocycles. The van der Waals surface area contributed by atoms with E-state index in [0.717, 1.165) is 0 Å². The van der Waals surface area contributed by atoms with Gasteiger partial charge in [0.1, 0.15) is 0 Å². The zero-order valence-corrected chi connectivity index (χ0v) is 14.0. The van der Waals surface area contributed by atoms with Crippen LogP contribution in [0.25, 0.3) is 0 Å². The number of rotatable bonds is 1. The van der Waals surface area contributed by atoms with Crippen LogP contribution in [0.3, 0.4) is 0 Å². The SMILES string of the molecule is CC1=[C]C(C)(C2=C(C)C(C)=C(C)C2(C)C)C(C)=C1C. The molecule has 0 aromatic carbocycles. The Kier molecular flexibility index (Phi) is 3.01. The van der Waals surface area contributed by atoms with Gasteiger partial charge in [0.05, 0.1) is 0 Å². The highest BCUT2D eigenvalue weighted by molar-refractivity contribution is 5.59. The molecule has 2 rings (SSSR count). The first-order valence-electron chi connectivity index (χ1n) is 7.25. The predicted molar refractivity (Wildman–Crippen MR) is 83.8 cm³/mol. The maximum absolute atomic E-state index is 3.76. The molecule has 0 fully saturated rings. The van der Waals surface area contributed by atoms with Gasteiger partial charge in [-0.3, -0.25) is 0 Å². The van der Waals surface area contributed by atoms with E-state index in [0.29, 0.717) is 0 Å². The van der Waals surface area contributed by atoms with E-state index in [1.807, 2.05) is 0 Å². The molecule has 2 aliphatic carbocycles. The monoisotopic (exact) mass is 255 g/mol. The maximum Gasteiger partial charge on any atom is 0.0365 e. The fourth-order valence-corrected chi connectivity index (χ4v) is 4.06. The average Bonchev–Trinajstić information content (AvgIpc) is 2.59. The fourth-order valence-electron chi connectivity index (χ4n) is 4.06. The summed E-state index contributed by atoms with van der Waals surface area (Å²) in [6.07, 6.45) is 3.76. The third-order valence-electron chi connectivity index (χ3n) is 5.88. The Morgan fingerprint density at radius 3 is 1.53 bits per heavy atom. The van der Waals surface area contributed by atoms with Crippen molar-refractivity contribution < 1.29 is 0 Å². The van der Waals surface area contributed by atoms with Crippen molar-refractivity contribution >= 4 is 0 Å². The molecule has 0 aromatic rings. The summed E-state index contributed by atoms with van der Waals surface area (Å²) in [5.74, 6) is 0. The van der Waals surface area contributed by atoms with Gasteiger partial charge in [0, 0.05) is 10.8 Å². The molecular formula is C19H27. The Bertz CT molecular complexity index is 573. The largest absolute Gasteiger partial charge is 0.0604 e. The second kappa shape index (κ2) is 3.98. The molecule has 1 atom stereocenters. The van der Waals surface area contributed by atoms with Crippen LogP contribution in [0.4, 0.5) is 0 Å². The molecule has 1 radical (unpaired) electrons. The lowest BCUT2D eigenvalue weighted by molar-refractivity contribution is 0.431. The zero-order valence-electron chi connectivity index (χ0n) is 14.0. The molecule has 2 aliphatic rings. The molecule has 0 heteroatoms. The van der Waals surface area contributed by atoms with Crippen molar-refractivity contribution in [3.63, 3.8) is 0 Å². The van der Waals surface area contributed by atoms with Gasteiger partial charge >= 0.3 is 0 Å². The molecule has 0 aromatic heterocycles. The zero-order chi connectivity index (χ0) is 14.7. The standard InChI is InChI=1S/C19H27/c1-11-10-19(9,16(6)12(11)2)17-14(4)13(3)15(5)18(17,7)8/h1-9H3. The molecule has 19 heavy (non-hydrogen) atoms. The van der Waals surface area contributed by atoms with Gasteiger partial charge in [-0.15, -0.1) is 0 Å². The van der Waals surface area contributed by atoms with E-state index in [1.165, 1.54) is 33.4 Å². The molecule has 0 heterocycles. The van der Waals surface area contributed by atoms with Crippen molar-refractivity contribution in [3.05, 3.63) is 45.1 Å². The van der Waals surface area contributed by atoms with Crippen LogP contribution >= 0.6 is 0 Å². The van der Waals surface area contributed by atoms with Gasteiger partial charge in [0.15, 0.2) is 0 Å². The molecule has 0 saturated carbocycles. The van der Waals surface area contributed by atoms with Gasteiger partial charge in [-0.1, -0.05) is 25.0 Å². The Hall–Kier alpha value is -1.04. The third kappa shape index (κ3) is 1.65. The summed E-state index contributed by atoms with van der Waals surface area (Å²) in [6, 6.07) is 0. The summed E-state index contributed by atoms with van der Waals surface area (Å²) in [7, 11) is 0. The lowest BCUT2D eigenvalue weighted by Crippen LogP contribution is -2.28. The third-order valence-corrected chi connectivity index (χ3v) is 5.88. The molecule has 0 bridgehead atoms. The van der Waals surface area contributed by atoms with Gasteiger partial charge in [0.25, 0.3) is 0 Å². The van der Waals surface area contributed by atoms with Crippen LogP contribution in [0.5, 0.6) is 0 Å². The molecule has 103 valence electrons. The summed E-state index contributed by atoms with van der Waals surface area (Å²) in [5, 5.41) is 0. The number of hydrogen-bond acceptors (Lipinski definition) is 0. The first-order chi connectivity index (χ1) is 8.55. The highest BCUT2D eigenvalue weighted by atomic mass is 14.5. The smallest absolute Gasteiger partial charge is 0.0365 e. The van der Waals surface area contributed by atoms with E-state index in [2.05, 4.69) is 68.4 Å². The minimum Gasteiger partial charge on any atom is -0.0604 e. The van der Waals surface area contributed by atoms with Gasteiger partial charge < -0.3 is 0 Å². The van der Waals surface area contributed by atoms with Crippen molar-refractivity contribution in [2.45, 2.75) is 62.3 Å². The summed E-state index contributed by atoms with van der Waals surface area (Å²) in [6.45, 7) is 20.6. The van der Waals surface area contributed by atoms with E-state index in [9.17, 15) is 0 Å². The minimum absolute atomic E-state index is 0.0270. The van der Waals surface area contributed by atoms with Crippen LogP contribution in [0.2, 0.25) is 0 Å². The van der Waals surface area contributed by atoms with Crippen molar-refractivity contribution in [1.29, 1.82) is 0 Å². The topological polar surface area (TPSA) is 0 Å².